The van der Waals surface area contributed by atoms with E-state index < -0.39 is 21.9 Å². The highest BCUT2D eigenvalue weighted by molar-refractivity contribution is 7.85. The van der Waals surface area contributed by atoms with Crippen LogP contribution in [0.15, 0.2) is 73.1 Å². The zero-order valence-electron chi connectivity index (χ0n) is 24.5. The fourth-order valence-electron chi connectivity index (χ4n) is 5.00. The number of anilines is 1. The molecule has 0 atom stereocenters. The summed E-state index contributed by atoms with van der Waals surface area (Å²) in [5, 5.41) is 6.65. The van der Waals surface area contributed by atoms with Crippen molar-refractivity contribution in [2.45, 2.75) is 33.2 Å². The smallest absolute Gasteiger partial charge is 0.283 e. The van der Waals surface area contributed by atoms with Crippen molar-refractivity contribution in [3.8, 4) is 22.6 Å². The molecule has 0 saturated heterocycles. The van der Waals surface area contributed by atoms with Gasteiger partial charge >= 0.3 is 0 Å². The minimum Gasteiger partial charge on any atom is -0.493 e. The summed E-state index contributed by atoms with van der Waals surface area (Å²) in [5.41, 5.74) is 5.62. The van der Waals surface area contributed by atoms with E-state index in [1.165, 1.54) is 5.56 Å². The molecule has 0 bridgehead atoms. The van der Waals surface area contributed by atoms with E-state index in [2.05, 4.69) is 10.4 Å². The predicted molar refractivity (Wildman–Crippen MR) is 166 cm³/mol. The average molecular weight is 619 g/mol. The van der Waals surface area contributed by atoms with Crippen LogP contribution >= 0.6 is 0 Å². The van der Waals surface area contributed by atoms with Crippen molar-refractivity contribution in [2.24, 2.45) is 0 Å². The fraction of sp³-hybridized carbons (Fsp3) is 0.281. The maximum atomic E-state index is 13.2. The molecule has 1 aromatic heterocycles. The number of hydrogen-bond donors (Lipinski definition) is 2. The number of ether oxygens (including phenoxy) is 2. The minimum atomic E-state index is -4.33. The largest absolute Gasteiger partial charge is 0.493 e. The van der Waals surface area contributed by atoms with Gasteiger partial charge in [-0.3, -0.25) is 18.8 Å². The number of nitrogens with one attached hydrogen (secondary N) is 1. The summed E-state index contributed by atoms with van der Waals surface area (Å²) in [6.07, 6.45) is 4.51. The molecule has 0 saturated carbocycles. The minimum absolute atomic E-state index is 0.00691. The number of amides is 2. The molecule has 12 heteroatoms. The van der Waals surface area contributed by atoms with Crippen molar-refractivity contribution in [3.05, 3.63) is 95.3 Å². The Kier molecular flexibility index (Phi) is 9.31. The quantitative estimate of drug-likeness (QED) is 0.187. The second kappa shape index (κ2) is 13.3. The number of benzene rings is 3. The average Bonchev–Trinajstić information content (AvgIpc) is 3.47. The Morgan fingerprint density at radius 3 is 2.70 bits per heavy atom. The number of nitrogens with zero attached hydrogens (tertiary/aromatic N) is 3. The van der Waals surface area contributed by atoms with Crippen molar-refractivity contribution < 1.29 is 32.0 Å². The molecule has 2 amide bonds. The molecule has 4 aromatic rings. The number of aromatic nitrogens is 2. The summed E-state index contributed by atoms with van der Waals surface area (Å²) < 4.78 is 44.5. The lowest BCUT2D eigenvalue weighted by molar-refractivity contribution is -0.119. The van der Waals surface area contributed by atoms with E-state index in [9.17, 15) is 18.0 Å². The Balaban J connectivity index is 1.24. The molecule has 2 heterocycles. The Morgan fingerprint density at radius 1 is 1.09 bits per heavy atom. The normalized spacial score (nSPS) is 12.8. The Hall–Kier alpha value is -4.68. The van der Waals surface area contributed by atoms with Crippen LogP contribution in [0, 0.1) is 13.8 Å². The molecule has 5 rings (SSSR count). The first-order valence-electron chi connectivity index (χ1n) is 14.2. The molecule has 44 heavy (non-hydrogen) atoms. The Bertz CT molecular complexity index is 1780. The third kappa shape index (κ3) is 7.44. The molecule has 11 nitrogen and oxygen atoms in total. The predicted octanol–water partition coefficient (Wildman–Crippen LogP) is 4.37. The number of carbonyl (C=O) groups is 2. The van der Waals surface area contributed by atoms with Gasteiger partial charge in [0.1, 0.15) is 18.2 Å². The lowest BCUT2D eigenvalue weighted by Gasteiger charge is -2.31. The standard InChI is InChI=1S/C32H34N4O7S/c1-22-7-3-12-29(23(22)2)42-15-6-13-30(37)36-14-16-43-31-27(10-5-11-28(31)36)26-18-34-35(20-26)19-24-8-4-9-25(17-24)32(38)33-21-44(39,40)41/h3-5,7-12,17-18,20H,6,13-16,19,21H2,1-2H3,(H,33,38)(H,39,40,41). The molecule has 230 valence electrons. The van der Waals surface area contributed by atoms with Gasteiger partial charge in [-0.1, -0.05) is 36.4 Å². The van der Waals surface area contributed by atoms with Crippen molar-refractivity contribution in [1.82, 2.24) is 15.1 Å². The molecule has 0 radical (unpaired) electrons. The molecule has 3 aromatic carbocycles. The molecule has 0 fully saturated rings. The van der Waals surface area contributed by atoms with E-state index in [1.807, 2.05) is 62.5 Å². The van der Waals surface area contributed by atoms with Crippen LogP contribution < -0.4 is 19.7 Å². The van der Waals surface area contributed by atoms with E-state index in [1.54, 1.807) is 34.0 Å². The molecule has 0 unspecified atom stereocenters. The SMILES string of the molecule is Cc1cccc(OCCCC(=O)N2CCOc3c(-c4cnn(Cc5cccc(C(=O)NCS(=O)(=O)O)c5)c4)cccc32)c1C. The number of carbonyl (C=O) groups excluding carboxylic acids is 2. The zero-order valence-corrected chi connectivity index (χ0v) is 25.3. The highest BCUT2D eigenvalue weighted by Crippen LogP contribution is 2.40. The van der Waals surface area contributed by atoms with Crippen molar-refractivity contribution >= 4 is 27.6 Å². The Morgan fingerprint density at radius 2 is 1.89 bits per heavy atom. The van der Waals surface area contributed by atoms with Crippen LogP contribution in [0.2, 0.25) is 0 Å². The van der Waals surface area contributed by atoms with Gasteiger partial charge in [-0.15, -0.1) is 0 Å². The fourth-order valence-corrected chi connectivity index (χ4v) is 5.32. The van der Waals surface area contributed by atoms with Crippen molar-refractivity contribution in [3.63, 3.8) is 0 Å². The molecule has 1 aliphatic heterocycles. The number of para-hydroxylation sites is 1. The van der Waals surface area contributed by atoms with Crippen molar-refractivity contribution in [1.29, 1.82) is 0 Å². The maximum absolute atomic E-state index is 13.2. The third-order valence-corrected chi connectivity index (χ3v) is 7.90. The maximum Gasteiger partial charge on any atom is 0.283 e. The first-order valence-corrected chi connectivity index (χ1v) is 15.8. The lowest BCUT2D eigenvalue weighted by Crippen LogP contribution is -2.38. The summed E-state index contributed by atoms with van der Waals surface area (Å²) in [7, 11) is -4.33. The Labute approximate surface area is 256 Å². The van der Waals surface area contributed by atoms with Gasteiger partial charge in [0.05, 0.1) is 31.6 Å². The van der Waals surface area contributed by atoms with E-state index in [-0.39, 0.29) is 11.5 Å². The topological polar surface area (TPSA) is 140 Å². The number of fused-ring (bicyclic) bond motifs is 1. The van der Waals surface area contributed by atoms with Crippen LogP contribution in [0.4, 0.5) is 5.69 Å². The second-order valence-electron chi connectivity index (χ2n) is 10.6. The molecular weight excluding hydrogens is 584 g/mol. The van der Waals surface area contributed by atoms with E-state index >= 15 is 0 Å². The third-order valence-electron chi connectivity index (χ3n) is 7.39. The highest BCUT2D eigenvalue weighted by Gasteiger charge is 2.26. The second-order valence-corrected chi connectivity index (χ2v) is 12.0. The van der Waals surface area contributed by atoms with Gasteiger partial charge in [-0.05, 0) is 61.2 Å². The first-order chi connectivity index (χ1) is 21.1. The van der Waals surface area contributed by atoms with Gasteiger partial charge in [-0.2, -0.15) is 13.5 Å². The van der Waals surface area contributed by atoms with Gasteiger partial charge in [0, 0.05) is 29.3 Å². The van der Waals surface area contributed by atoms with Gasteiger partial charge in [0.25, 0.3) is 16.0 Å². The van der Waals surface area contributed by atoms with Crippen LogP contribution in [0.1, 0.15) is 39.9 Å². The molecule has 0 aliphatic carbocycles. The first kappa shape index (κ1) is 30.8. The summed E-state index contributed by atoms with van der Waals surface area (Å²) in [6.45, 7) is 5.70. The van der Waals surface area contributed by atoms with Crippen LogP contribution in [0.3, 0.4) is 0 Å². The number of aryl methyl sites for hydroxylation is 1. The van der Waals surface area contributed by atoms with Gasteiger partial charge in [0.15, 0.2) is 5.75 Å². The molecular formula is C32H34N4O7S. The number of hydrogen-bond acceptors (Lipinski definition) is 7. The van der Waals surface area contributed by atoms with Gasteiger partial charge in [-0.25, -0.2) is 0 Å². The highest BCUT2D eigenvalue weighted by atomic mass is 32.2. The van der Waals surface area contributed by atoms with Gasteiger partial charge < -0.3 is 19.7 Å². The van der Waals surface area contributed by atoms with Crippen LogP contribution in [0.25, 0.3) is 11.1 Å². The number of rotatable bonds is 11. The monoisotopic (exact) mass is 618 g/mol. The molecule has 1 aliphatic rings. The summed E-state index contributed by atoms with van der Waals surface area (Å²) >= 11 is 0. The summed E-state index contributed by atoms with van der Waals surface area (Å²) in [4.78, 5) is 27.3. The summed E-state index contributed by atoms with van der Waals surface area (Å²) in [6, 6.07) is 18.3. The van der Waals surface area contributed by atoms with Crippen LogP contribution in [-0.2, 0) is 21.5 Å². The van der Waals surface area contributed by atoms with Crippen LogP contribution in [-0.4, -0.2) is 60.2 Å². The van der Waals surface area contributed by atoms with Crippen molar-refractivity contribution in [2.75, 3.05) is 30.5 Å². The molecule has 0 spiro atoms. The van der Waals surface area contributed by atoms with E-state index in [4.69, 9.17) is 14.0 Å². The van der Waals surface area contributed by atoms with E-state index in [0.717, 1.165) is 28.0 Å². The lowest BCUT2D eigenvalue weighted by atomic mass is 10.1. The summed E-state index contributed by atoms with van der Waals surface area (Å²) in [5.74, 6) is -0.0177. The molecule has 2 N–H and O–H groups in total. The van der Waals surface area contributed by atoms with E-state index in [0.29, 0.717) is 50.6 Å². The van der Waals surface area contributed by atoms with Crippen LogP contribution in [0.5, 0.6) is 11.5 Å². The van der Waals surface area contributed by atoms with Gasteiger partial charge in [0.2, 0.25) is 5.91 Å². The zero-order chi connectivity index (χ0) is 31.3.